The number of rotatable bonds is 2. The molecule has 1 aliphatic carbocycles. The third kappa shape index (κ3) is 4.04. The van der Waals surface area contributed by atoms with Crippen molar-refractivity contribution in [1.29, 1.82) is 5.26 Å². The monoisotopic (exact) mass is 352 g/mol. The highest BCUT2D eigenvalue weighted by molar-refractivity contribution is 9.10. The van der Waals surface area contributed by atoms with Crippen molar-refractivity contribution in [2.75, 3.05) is 0 Å². The second-order valence-electron chi connectivity index (χ2n) is 5.54. The lowest BCUT2D eigenvalue weighted by Crippen LogP contribution is -2.47. The van der Waals surface area contributed by atoms with Crippen molar-refractivity contribution >= 4 is 21.8 Å². The van der Waals surface area contributed by atoms with Crippen LogP contribution in [0.4, 0.5) is 4.39 Å². The van der Waals surface area contributed by atoms with Crippen molar-refractivity contribution in [2.45, 2.75) is 50.5 Å². The Balaban J connectivity index is 2.14. The fourth-order valence-electron chi connectivity index (χ4n) is 2.70. The molecule has 0 heterocycles. The van der Waals surface area contributed by atoms with Crippen molar-refractivity contribution in [3.63, 3.8) is 0 Å². The first kappa shape index (κ1) is 16.0. The molecule has 0 spiro atoms. The van der Waals surface area contributed by atoms with Crippen LogP contribution >= 0.6 is 15.9 Å². The first-order valence-electron chi connectivity index (χ1n) is 7.25. The van der Waals surface area contributed by atoms with Crippen LogP contribution in [0.15, 0.2) is 22.7 Å². The first-order valence-corrected chi connectivity index (χ1v) is 8.04. The van der Waals surface area contributed by atoms with E-state index in [0.29, 0.717) is 17.3 Å². The summed E-state index contributed by atoms with van der Waals surface area (Å²) in [4.78, 5) is 12.3. The summed E-state index contributed by atoms with van der Waals surface area (Å²) in [6.45, 7) is 0. The van der Waals surface area contributed by atoms with Crippen LogP contribution in [0.25, 0.3) is 0 Å². The molecule has 0 aliphatic heterocycles. The Kier molecular flexibility index (Phi) is 5.35. The minimum atomic E-state index is -0.818. The molecule has 1 aromatic rings. The molecule has 1 aliphatic rings. The molecule has 3 nitrogen and oxygen atoms in total. The molecule has 2 rings (SSSR count). The van der Waals surface area contributed by atoms with Gasteiger partial charge < -0.3 is 5.32 Å². The van der Waals surface area contributed by atoms with Gasteiger partial charge in [-0.15, -0.1) is 0 Å². The van der Waals surface area contributed by atoms with Crippen LogP contribution < -0.4 is 5.32 Å². The van der Waals surface area contributed by atoms with E-state index in [1.54, 1.807) is 6.07 Å². The van der Waals surface area contributed by atoms with Crippen molar-refractivity contribution in [2.24, 2.45) is 0 Å². The van der Waals surface area contributed by atoms with Gasteiger partial charge in [0.15, 0.2) is 0 Å². The zero-order valence-corrected chi connectivity index (χ0v) is 13.4. The summed E-state index contributed by atoms with van der Waals surface area (Å²) in [6, 6.07) is 6.52. The molecule has 0 atom stereocenters. The van der Waals surface area contributed by atoms with Crippen LogP contribution in [0.5, 0.6) is 0 Å². The minimum absolute atomic E-state index is 0.243. The lowest BCUT2D eigenvalue weighted by atomic mass is 9.85. The largest absolute Gasteiger partial charge is 0.334 e. The molecule has 112 valence electrons. The van der Waals surface area contributed by atoms with E-state index in [4.69, 9.17) is 0 Å². The molecule has 0 aromatic heterocycles. The Labute approximate surface area is 132 Å². The molecule has 1 aromatic carbocycles. The van der Waals surface area contributed by atoms with E-state index in [1.165, 1.54) is 18.6 Å². The van der Waals surface area contributed by atoms with E-state index < -0.39 is 11.4 Å². The van der Waals surface area contributed by atoms with Crippen molar-refractivity contribution in [1.82, 2.24) is 5.32 Å². The van der Waals surface area contributed by atoms with Crippen LogP contribution in [0.1, 0.15) is 55.3 Å². The standard InChI is InChI=1S/C16H18BrFN2O/c17-13-7-6-12(10-14(13)18)15(21)20-16(11-19)8-4-2-1-3-5-9-16/h6-7,10H,1-5,8-9H2,(H,20,21). The Morgan fingerprint density at radius 1 is 1.24 bits per heavy atom. The zero-order valence-electron chi connectivity index (χ0n) is 11.8. The highest BCUT2D eigenvalue weighted by atomic mass is 79.9. The van der Waals surface area contributed by atoms with Gasteiger partial charge in [-0.3, -0.25) is 4.79 Å². The molecule has 1 fully saturated rings. The smallest absolute Gasteiger partial charge is 0.252 e. The lowest BCUT2D eigenvalue weighted by Gasteiger charge is -2.29. The van der Waals surface area contributed by atoms with Crippen molar-refractivity contribution < 1.29 is 9.18 Å². The van der Waals surface area contributed by atoms with Crippen LogP contribution in [0.3, 0.4) is 0 Å². The van der Waals surface area contributed by atoms with Crippen LogP contribution in [0.2, 0.25) is 0 Å². The lowest BCUT2D eigenvalue weighted by molar-refractivity contribution is 0.0907. The van der Waals surface area contributed by atoms with E-state index in [1.807, 2.05) is 0 Å². The molecule has 1 amide bonds. The SMILES string of the molecule is N#CC1(NC(=O)c2ccc(Br)c(F)c2)CCCCCCC1. The van der Waals surface area contributed by atoms with Gasteiger partial charge in [-0.2, -0.15) is 5.26 Å². The Bertz CT molecular complexity index is 560. The number of carbonyl (C=O) groups is 1. The highest BCUT2D eigenvalue weighted by Crippen LogP contribution is 2.26. The molecule has 1 saturated carbocycles. The van der Waals surface area contributed by atoms with E-state index in [9.17, 15) is 14.4 Å². The summed E-state index contributed by atoms with van der Waals surface area (Å²) in [7, 11) is 0. The number of halogens is 2. The van der Waals surface area contributed by atoms with Gasteiger partial charge in [0, 0.05) is 5.56 Å². The molecular weight excluding hydrogens is 335 g/mol. The van der Waals surface area contributed by atoms with Crippen LogP contribution in [0, 0.1) is 17.1 Å². The number of carbonyl (C=O) groups excluding carboxylic acids is 1. The Hall–Kier alpha value is -1.41. The molecule has 0 bridgehead atoms. The van der Waals surface area contributed by atoms with Crippen LogP contribution in [-0.2, 0) is 0 Å². The first-order chi connectivity index (χ1) is 10.1. The molecular formula is C16H18BrFN2O. The maximum Gasteiger partial charge on any atom is 0.252 e. The Morgan fingerprint density at radius 3 is 2.43 bits per heavy atom. The highest BCUT2D eigenvalue weighted by Gasteiger charge is 2.32. The maximum absolute atomic E-state index is 13.5. The molecule has 5 heteroatoms. The fraction of sp³-hybridized carbons (Fsp3) is 0.500. The molecule has 1 N–H and O–H groups in total. The topological polar surface area (TPSA) is 52.9 Å². The number of nitriles is 1. The van der Waals surface area contributed by atoms with E-state index >= 15 is 0 Å². The number of benzene rings is 1. The molecule has 0 unspecified atom stereocenters. The summed E-state index contributed by atoms with van der Waals surface area (Å²) in [6.07, 6.45) is 6.55. The quantitative estimate of drug-likeness (QED) is 0.861. The predicted molar refractivity (Wildman–Crippen MR) is 82.2 cm³/mol. The average Bonchev–Trinajstić information content (AvgIpc) is 2.45. The van der Waals surface area contributed by atoms with E-state index in [2.05, 4.69) is 27.3 Å². The van der Waals surface area contributed by atoms with Gasteiger partial charge >= 0.3 is 0 Å². The summed E-state index contributed by atoms with van der Waals surface area (Å²) >= 11 is 3.06. The third-order valence-corrected chi connectivity index (χ3v) is 4.60. The number of nitrogens with zero attached hydrogens (tertiary/aromatic N) is 1. The molecule has 0 saturated heterocycles. The summed E-state index contributed by atoms with van der Waals surface area (Å²) in [5.74, 6) is -0.866. The van der Waals surface area contributed by atoms with Gasteiger partial charge in [0.1, 0.15) is 11.4 Å². The number of hydrogen-bond donors (Lipinski definition) is 1. The van der Waals surface area contributed by atoms with E-state index in [0.717, 1.165) is 25.7 Å². The molecule has 21 heavy (non-hydrogen) atoms. The van der Waals surface area contributed by atoms with Gasteiger partial charge in [-0.25, -0.2) is 4.39 Å². The minimum Gasteiger partial charge on any atom is -0.334 e. The second kappa shape index (κ2) is 7.04. The normalized spacial score (nSPS) is 18.1. The predicted octanol–water partition coefficient (Wildman–Crippen LogP) is 4.32. The van der Waals surface area contributed by atoms with Crippen molar-refractivity contribution in [3.8, 4) is 6.07 Å². The second-order valence-corrected chi connectivity index (χ2v) is 6.40. The number of hydrogen-bond acceptors (Lipinski definition) is 2. The summed E-state index contributed by atoms with van der Waals surface area (Å²) < 4.78 is 13.8. The number of nitrogens with one attached hydrogen (secondary N) is 1. The number of amides is 1. The summed E-state index contributed by atoms with van der Waals surface area (Å²) in [5, 5.41) is 12.3. The van der Waals surface area contributed by atoms with E-state index in [-0.39, 0.29) is 11.5 Å². The van der Waals surface area contributed by atoms with Gasteiger partial charge in [-0.1, -0.05) is 32.1 Å². The summed E-state index contributed by atoms with van der Waals surface area (Å²) in [5.41, 5.74) is -0.575. The Morgan fingerprint density at radius 2 is 1.86 bits per heavy atom. The van der Waals surface area contributed by atoms with Gasteiger partial charge in [0.2, 0.25) is 0 Å². The fourth-order valence-corrected chi connectivity index (χ4v) is 2.95. The maximum atomic E-state index is 13.5. The third-order valence-electron chi connectivity index (χ3n) is 3.96. The van der Waals surface area contributed by atoms with Gasteiger partial charge in [-0.05, 0) is 47.0 Å². The average molecular weight is 353 g/mol. The molecule has 0 radical (unpaired) electrons. The van der Waals surface area contributed by atoms with Crippen molar-refractivity contribution in [3.05, 3.63) is 34.1 Å². The zero-order chi connectivity index (χ0) is 15.3. The van der Waals surface area contributed by atoms with Gasteiger partial charge in [0.25, 0.3) is 5.91 Å². The van der Waals surface area contributed by atoms with Gasteiger partial charge in [0.05, 0.1) is 10.5 Å². The van der Waals surface area contributed by atoms with Crippen LogP contribution in [-0.4, -0.2) is 11.4 Å².